The smallest absolute Gasteiger partial charge is 0.261 e. The molecule has 0 saturated heterocycles. The number of aromatic amines is 1. The van der Waals surface area contributed by atoms with Crippen molar-refractivity contribution in [2.75, 3.05) is 11.8 Å². The van der Waals surface area contributed by atoms with Crippen molar-refractivity contribution in [1.82, 2.24) is 15.3 Å². The first kappa shape index (κ1) is 24.0. The summed E-state index contributed by atoms with van der Waals surface area (Å²) in [5.41, 5.74) is 2.47. The largest absolute Gasteiger partial charge is 0.497 e. The van der Waals surface area contributed by atoms with Crippen LogP contribution in [0.2, 0.25) is 0 Å². The first-order valence-electron chi connectivity index (χ1n) is 11.1. The number of carbonyl (C=O) groups is 1. The lowest BCUT2D eigenvalue weighted by Crippen LogP contribution is -2.29. The van der Waals surface area contributed by atoms with Crippen LogP contribution in [0.15, 0.2) is 90.0 Å². The van der Waals surface area contributed by atoms with Crippen molar-refractivity contribution in [2.24, 2.45) is 0 Å². The molecule has 4 aromatic rings. The molecule has 0 aliphatic rings. The van der Waals surface area contributed by atoms with Gasteiger partial charge >= 0.3 is 0 Å². The Kier molecular flexibility index (Phi) is 7.17. The number of methoxy groups -OCH3 is 1. The van der Waals surface area contributed by atoms with Crippen LogP contribution >= 0.6 is 0 Å². The average molecular weight is 491 g/mol. The lowest BCUT2D eigenvalue weighted by Gasteiger charge is -2.15. The zero-order valence-electron chi connectivity index (χ0n) is 19.4. The SMILES string of the molecule is CCC(NC(=O)c1cccc(S(=O)(=O)Nc2ccc(OC)cc2)c1)c1ncc(-c2ccccc2)[nH]1. The molecule has 1 aromatic heterocycles. The maximum absolute atomic E-state index is 13.0. The molecular weight excluding hydrogens is 464 g/mol. The van der Waals surface area contributed by atoms with Gasteiger partial charge in [0, 0.05) is 11.3 Å². The Morgan fingerprint density at radius 1 is 1.03 bits per heavy atom. The average Bonchev–Trinajstić information content (AvgIpc) is 3.38. The van der Waals surface area contributed by atoms with E-state index in [1.165, 1.54) is 19.2 Å². The maximum Gasteiger partial charge on any atom is 0.261 e. The van der Waals surface area contributed by atoms with E-state index in [9.17, 15) is 13.2 Å². The number of hydrogen-bond donors (Lipinski definition) is 3. The molecule has 0 aliphatic carbocycles. The third-order valence-corrected chi connectivity index (χ3v) is 6.85. The topological polar surface area (TPSA) is 113 Å². The van der Waals surface area contributed by atoms with E-state index in [2.05, 4.69) is 20.0 Å². The van der Waals surface area contributed by atoms with Gasteiger partial charge in [0.1, 0.15) is 11.6 Å². The molecule has 1 unspecified atom stereocenters. The predicted octanol–water partition coefficient (Wildman–Crippen LogP) is 4.77. The maximum atomic E-state index is 13.0. The number of nitrogens with one attached hydrogen (secondary N) is 3. The van der Waals surface area contributed by atoms with E-state index in [0.717, 1.165) is 11.3 Å². The molecule has 0 spiro atoms. The number of benzene rings is 3. The van der Waals surface area contributed by atoms with Crippen molar-refractivity contribution in [3.05, 3.63) is 96.4 Å². The summed E-state index contributed by atoms with van der Waals surface area (Å²) in [5, 5.41) is 2.94. The van der Waals surface area contributed by atoms with Gasteiger partial charge in [0.05, 0.1) is 29.9 Å². The summed E-state index contributed by atoms with van der Waals surface area (Å²) in [5.74, 6) is 0.852. The van der Waals surface area contributed by atoms with Gasteiger partial charge in [0.25, 0.3) is 15.9 Å². The van der Waals surface area contributed by atoms with Crippen LogP contribution in [0.5, 0.6) is 5.75 Å². The molecule has 0 aliphatic heterocycles. The van der Waals surface area contributed by atoms with Gasteiger partial charge in [-0.15, -0.1) is 0 Å². The Labute approximate surface area is 204 Å². The van der Waals surface area contributed by atoms with Crippen LogP contribution in [-0.2, 0) is 10.0 Å². The fourth-order valence-corrected chi connectivity index (χ4v) is 4.67. The molecule has 3 aromatic carbocycles. The van der Waals surface area contributed by atoms with Crippen LogP contribution < -0.4 is 14.8 Å². The Hall–Kier alpha value is -4.11. The highest BCUT2D eigenvalue weighted by Crippen LogP contribution is 2.22. The Balaban J connectivity index is 1.49. The Morgan fingerprint density at radius 3 is 2.46 bits per heavy atom. The van der Waals surface area contributed by atoms with Crippen LogP contribution in [0.3, 0.4) is 0 Å². The number of sulfonamides is 1. The third kappa shape index (κ3) is 5.70. The molecule has 1 heterocycles. The van der Waals surface area contributed by atoms with Gasteiger partial charge in [-0.3, -0.25) is 9.52 Å². The molecule has 9 heteroatoms. The van der Waals surface area contributed by atoms with E-state index in [1.54, 1.807) is 42.6 Å². The number of nitrogens with zero attached hydrogens (tertiary/aromatic N) is 1. The number of anilines is 1. The molecular formula is C26H26N4O4S. The second kappa shape index (κ2) is 10.4. The zero-order valence-corrected chi connectivity index (χ0v) is 20.2. The number of H-pyrrole nitrogens is 1. The summed E-state index contributed by atoms with van der Waals surface area (Å²) in [6, 6.07) is 21.8. The molecule has 0 fully saturated rings. The van der Waals surface area contributed by atoms with Crippen LogP contribution in [0.25, 0.3) is 11.3 Å². The molecule has 4 rings (SSSR count). The molecule has 180 valence electrons. The van der Waals surface area contributed by atoms with Gasteiger partial charge in [-0.2, -0.15) is 0 Å². The number of amides is 1. The summed E-state index contributed by atoms with van der Waals surface area (Å²) >= 11 is 0. The van der Waals surface area contributed by atoms with E-state index in [0.29, 0.717) is 23.7 Å². The van der Waals surface area contributed by atoms with Gasteiger partial charge in [-0.05, 0) is 54.4 Å². The predicted molar refractivity (Wildman–Crippen MR) is 135 cm³/mol. The lowest BCUT2D eigenvalue weighted by molar-refractivity contribution is 0.0933. The van der Waals surface area contributed by atoms with Crippen molar-refractivity contribution in [2.45, 2.75) is 24.3 Å². The molecule has 0 radical (unpaired) electrons. The number of aromatic nitrogens is 2. The summed E-state index contributed by atoms with van der Waals surface area (Å²) in [6.07, 6.45) is 2.34. The highest BCUT2D eigenvalue weighted by molar-refractivity contribution is 7.92. The summed E-state index contributed by atoms with van der Waals surface area (Å²) < 4.78 is 33.4. The van der Waals surface area contributed by atoms with E-state index in [1.807, 2.05) is 37.3 Å². The number of carbonyl (C=O) groups excluding carboxylic acids is 1. The highest BCUT2D eigenvalue weighted by atomic mass is 32.2. The standard InChI is InChI=1S/C26H26N4O4S/c1-3-23(25-27-17-24(28-25)18-8-5-4-6-9-18)29-26(31)19-10-7-11-22(16-19)35(32,33)30-20-12-14-21(34-2)15-13-20/h4-17,23,30H,3H2,1-2H3,(H,27,28)(H,29,31). The van der Waals surface area contributed by atoms with Gasteiger partial charge in [0.15, 0.2) is 0 Å². The monoisotopic (exact) mass is 490 g/mol. The van der Waals surface area contributed by atoms with Crippen molar-refractivity contribution >= 4 is 21.6 Å². The number of imidazole rings is 1. The minimum Gasteiger partial charge on any atom is -0.497 e. The van der Waals surface area contributed by atoms with Gasteiger partial charge in [-0.1, -0.05) is 43.3 Å². The lowest BCUT2D eigenvalue weighted by atomic mass is 10.1. The minimum absolute atomic E-state index is 0.0154. The fourth-order valence-electron chi connectivity index (χ4n) is 3.56. The second-order valence-corrected chi connectivity index (χ2v) is 9.53. The van der Waals surface area contributed by atoms with Crippen LogP contribution in [0.4, 0.5) is 5.69 Å². The van der Waals surface area contributed by atoms with E-state index < -0.39 is 15.9 Å². The normalized spacial score (nSPS) is 12.1. The molecule has 8 nitrogen and oxygen atoms in total. The van der Waals surface area contributed by atoms with E-state index >= 15 is 0 Å². The van der Waals surface area contributed by atoms with Gasteiger partial charge in [0.2, 0.25) is 0 Å². The molecule has 1 atom stereocenters. The Bertz CT molecular complexity index is 1400. The second-order valence-electron chi connectivity index (χ2n) is 7.84. The summed E-state index contributed by atoms with van der Waals surface area (Å²) in [7, 11) is -2.36. The van der Waals surface area contributed by atoms with Crippen LogP contribution in [-0.4, -0.2) is 31.4 Å². The molecule has 35 heavy (non-hydrogen) atoms. The van der Waals surface area contributed by atoms with Crippen molar-refractivity contribution in [3.8, 4) is 17.0 Å². The molecule has 3 N–H and O–H groups in total. The Morgan fingerprint density at radius 2 is 1.77 bits per heavy atom. The fraction of sp³-hybridized carbons (Fsp3) is 0.154. The number of hydrogen-bond acceptors (Lipinski definition) is 5. The minimum atomic E-state index is -3.89. The van der Waals surface area contributed by atoms with Crippen molar-refractivity contribution < 1.29 is 17.9 Å². The van der Waals surface area contributed by atoms with Gasteiger partial charge in [-0.25, -0.2) is 13.4 Å². The summed E-state index contributed by atoms with van der Waals surface area (Å²) in [6.45, 7) is 1.94. The zero-order chi connectivity index (χ0) is 24.8. The van der Waals surface area contributed by atoms with E-state index in [-0.39, 0.29) is 16.5 Å². The molecule has 0 bridgehead atoms. The molecule has 1 amide bonds. The van der Waals surface area contributed by atoms with Crippen molar-refractivity contribution in [3.63, 3.8) is 0 Å². The first-order valence-corrected chi connectivity index (χ1v) is 12.6. The third-order valence-electron chi connectivity index (χ3n) is 5.47. The highest BCUT2D eigenvalue weighted by Gasteiger charge is 2.20. The van der Waals surface area contributed by atoms with Crippen LogP contribution in [0.1, 0.15) is 35.6 Å². The number of rotatable bonds is 9. The van der Waals surface area contributed by atoms with Crippen LogP contribution in [0, 0.1) is 0 Å². The first-order chi connectivity index (χ1) is 16.9. The van der Waals surface area contributed by atoms with E-state index in [4.69, 9.17) is 4.74 Å². The number of ether oxygens (including phenoxy) is 1. The quantitative estimate of drug-likeness (QED) is 0.313. The molecule has 0 saturated carbocycles. The van der Waals surface area contributed by atoms with Crippen molar-refractivity contribution in [1.29, 1.82) is 0 Å². The van der Waals surface area contributed by atoms with Gasteiger partial charge < -0.3 is 15.0 Å². The summed E-state index contributed by atoms with van der Waals surface area (Å²) in [4.78, 5) is 20.7.